The van der Waals surface area contributed by atoms with Crippen molar-refractivity contribution in [3.63, 3.8) is 0 Å². The quantitative estimate of drug-likeness (QED) is 0.262. The Kier molecular flexibility index (Phi) is 7.73. The molecule has 1 unspecified atom stereocenters. The van der Waals surface area contributed by atoms with E-state index in [2.05, 4.69) is 20.5 Å². The monoisotopic (exact) mass is 657 g/mol. The fourth-order valence-corrected chi connectivity index (χ4v) is 10.8. The molecule has 10 heteroatoms. The van der Waals surface area contributed by atoms with Crippen molar-refractivity contribution in [2.45, 2.75) is 32.4 Å². The summed E-state index contributed by atoms with van der Waals surface area (Å²) in [5, 5.41) is 9.38. The second-order valence-corrected chi connectivity index (χ2v) is 15.1. The molecule has 0 aromatic carbocycles. The van der Waals surface area contributed by atoms with Crippen molar-refractivity contribution in [2.24, 2.45) is 5.92 Å². The Morgan fingerprint density at radius 2 is 1.76 bits per heavy atom. The van der Waals surface area contributed by atoms with Crippen LogP contribution in [0.4, 0.5) is 4.79 Å². The summed E-state index contributed by atoms with van der Waals surface area (Å²) in [7, 11) is 1.55. The van der Waals surface area contributed by atoms with E-state index >= 15 is 0 Å². The number of hydrogen-bond donors (Lipinski definition) is 1. The van der Waals surface area contributed by atoms with Crippen molar-refractivity contribution < 1.29 is 19.5 Å². The first-order chi connectivity index (χ1) is 11.8. The molecule has 2 fully saturated rings. The van der Waals surface area contributed by atoms with Crippen LogP contribution in [0, 0.1) is 5.92 Å². The van der Waals surface area contributed by atoms with Gasteiger partial charge in [0.15, 0.2) is 0 Å². The fourth-order valence-electron chi connectivity index (χ4n) is 3.26. The Bertz CT molecular complexity index is 536. The molecule has 2 rings (SSSR count). The van der Waals surface area contributed by atoms with Crippen LogP contribution in [0.2, 0.25) is 0 Å². The first-order valence-electron chi connectivity index (χ1n) is 8.50. The van der Waals surface area contributed by atoms with Crippen LogP contribution >= 0.6 is 17.8 Å². The number of carbonyl (C=O) groups is 3. The van der Waals surface area contributed by atoms with Gasteiger partial charge in [0.25, 0.3) is 0 Å². The minimum absolute atomic E-state index is 0.0918. The molecule has 1 N–H and O–H groups in total. The van der Waals surface area contributed by atoms with Crippen molar-refractivity contribution in [1.82, 2.24) is 17.4 Å². The summed E-state index contributed by atoms with van der Waals surface area (Å²) in [6.45, 7) is 6.71. The van der Waals surface area contributed by atoms with Crippen molar-refractivity contribution >= 4 is 55.9 Å². The summed E-state index contributed by atoms with van der Waals surface area (Å²) in [5.41, 5.74) is 0. The van der Waals surface area contributed by atoms with E-state index < -0.39 is 32.3 Å². The van der Waals surface area contributed by atoms with Gasteiger partial charge >= 0.3 is 171 Å². The van der Waals surface area contributed by atoms with Crippen LogP contribution in [0.25, 0.3) is 0 Å². The summed E-state index contributed by atoms with van der Waals surface area (Å²) < 4.78 is 2.31. The number of urea groups is 1. The number of rotatable bonds is 5. The third-order valence-electron chi connectivity index (χ3n) is 4.74. The molecule has 3 atom stereocenters. The summed E-state index contributed by atoms with van der Waals surface area (Å²) in [6, 6.07) is -1.02. The molecule has 0 radical (unpaired) electrons. The zero-order valence-corrected chi connectivity index (χ0v) is 21.5. The molecule has 2 saturated heterocycles. The number of carbonyl (C=O) groups excluding carboxylic acids is 2. The third kappa shape index (κ3) is 5.17. The van der Waals surface area contributed by atoms with Crippen molar-refractivity contribution in [1.29, 1.82) is 0 Å². The normalized spacial score (nSPS) is 24.4. The standard InChI is InChI=1S/C15H25N4O4.HI.Tl/c1-10(2)12(14(21)22)17(3)15(23)19-6-4-5-18(7-8-19)13(20)11-9-16-11;;/h10-12H,4-9H2,1-3H3,(H,21,22);1H;/q-1;;+2/p-1/t11-,12-;;/m0../s1. The van der Waals surface area contributed by atoms with Crippen LogP contribution in [0.1, 0.15) is 20.3 Å². The molecule has 8 nitrogen and oxygen atoms in total. The van der Waals surface area contributed by atoms with E-state index in [0.29, 0.717) is 26.2 Å². The van der Waals surface area contributed by atoms with Gasteiger partial charge < -0.3 is 0 Å². The summed E-state index contributed by atoms with van der Waals surface area (Å²) in [4.78, 5) is 41.5. The molecule has 139 valence electrons. The van der Waals surface area contributed by atoms with E-state index in [1.54, 1.807) is 25.8 Å². The molecule has 0 saturated carbocycles. The summed E-state index contributed by atoms with van der Waals surface area (Å²) in [6.07, 6.45) is 0.727. The Morgan fingerprint density at radius 1 is 1.16 bits per heavy atom. The van der Waals surface area contributed by atoms with E-state index in [0.717, 1.165) is 13.0 Å². The first-order valence-corrected chi connectivity index (χ1v) is 23.1. The molecule has 0 aromatic rings. The van der Waals surface area contributed by atoms with Gasteiger partial charge in [-0.15, -0.1) is 0 Å². The van der Waals surface area contributed by atoms with Crippen LogP contribution in [0.15, 0.2) is 0 Å². The Hall–Kier alpha value is -0.178. The van der Waals surface area contributed by atoms with E-state index in [9.17, 15) is 19.5 Å². The van der Waals surface area contributed by atoms with Gasteiger partial charge in [0.05, 0.1) is 0 Å². The molecular formula is C15H25IN4O4Tl. The molecule has 2 aliphatic rings. The minimum atomic E-state index is -0.989. The van der Waals surface area contributed by atoms with Gasteiger partial charge in [0.1, 0.15) is 0 Å². The Morgan fingerprint density at radius 3 is 2.28 bits per heavy atom. The summed E-state index contributed by atoms with van der Waals surface area (Å²) >= 11 is 1.58. The topological polar surface area (TPSA) is 84.2 Å². The number of carboxylic acids is 1. The van der Waals surface area contributed by atoms with Gasteiger partial charge in [0, 0.05) is 0 Å². The third-order valence-corrected chi connectivity index (χ3v) is 14.2. The Labute approximate surface area is 169 Å². The first kappa shape index (κ1) is 21.1. The second-order valence-electron chi connectivity index (χ2n) is 6.90. The van der Waals surface area contributed by atoms with Crippen molar-refractivity contribution in [3.8, 4) is 0 Å². The van der Waals surface area contributed by atoms with Crippen LogP contribution in [0.5, 0.6) is 0 Å². The molecule has 2 heterocycles. The van der Waals surface area contributed by atoms with Gasteiger partial charge in [-0.2, -0.15) is 0 Å². The average Bonchev–Trinajstić information content (AvgIpc) is 3.35. The molecule has 0 aliphatic carbocycles. The number of hydrogen-bond acceptors (Lipinski definition) is 4. The molecule has 25 heavy (non-hydrogen) atoms. The van der Waals surface area contributed by atoms with Crippen LogP contribution < -0.4 is 0 Å². The molecule has 0 spiro atoms. The predicted octanol–water partition coefficient (Wildman–Crippen LogP) is 0.335. The van der Waals surface area contributed by atoms with Gasteiger partial charge in [-0.3, -0.25) is 0 Å². The SMILES string of the molecule is CC(C)[C@@H](C(=O)O)N(C)C(=O)N1CCCN(C(=O)[C@@H]2C[N]2[Tl][I])CC1. The average molecular weight is 657 g/mol. The number of halogens is 1. The zero-order chi connectivity index (χ0) is 18.7. The van der Waals surface area contributed by atoms with Gasteiger partial charge in [0.2, 0.25) is 0 Å². The van der Waals surface area contributed by atoms with E-state index in [1.165, 1.54) is 4.90 Å². The van der Waals surface area contributed by atoms with Crippen LogP contribution in [-0.4, -0.2) is 113 Å². The molecule has 3 amide bonds. The molecule has 0 bridgehead atoms. The number of aliphatic carboxylic acids is 1. The van der Waals surface area contributed by atoms with Gasteiger partial charge in [-0.25, -0.2) is 0 Å². The zero-order valence-electron chi connectivity index (χ0n) is 14.9. The van der Waals surface area contributed by atoms with E-state index in [4.69, 9.17) is 0 Å². The number of carboxylic acid groups (broad SMARTS) is 1. The number of nitrogens with zero attached hydrogens (tertiary/aromatic N) is 4. The van der Waals surface area contributed by atoms with Crippen molar-refractivity contribution in [2.75, 3.05) is 39.8 Å². The maximum atomic E-state index is 12.7. The maximum absolute atomic E-state index is 12.7. The van der Waals surface area contributed by atoms with Gasteiger partial charge in [-0.1, -0.05) is 0 Å². The fraction of sp³-hybridized carbons (Fsp3) is 0.800. The predicted molar refractivity (Wildman–Crippen MR) is 102 cm³/mol. The summed E-state index contributed by atoms with van der Waals surface area (Å²) in [5.74, 6) is -0.964. The van der Waals surface area contributed by atoms with Gasteiger partial charge in [-0.05, 0) is 0 Å². The molecule has 2 aliphatic heterocycles. The number of likely N-dealkylation sites (N-methyl/N-ethyl adjacent to an activating group) is 1. The second kappa shape index (κ2) is 9.15. The van der Waals surface area contributed by atoms with Crippen LogP contribution in [-0.2, 0) is 9.59 Å². The van der Waals surface area contributed by atoms with E-state index in [1.807, 2.05) is 4.90 Å². The number of amides is 3. The van der Waals surface area contributed by atoms with Crippen molar-refractivity contribution in [3.05, 3.63) is 0 Å². The Balaban J connectivity index is 1.94. The molecular weight excluding hydrogens is 631 g/mol. The van der Waals surface area contributed by atoms with Crippen LogP contribution in [0.3, 0.4) is 0 Å². The molecule has 0 aromatic heterocycles. The van der Waals surface area contributed by atoms with E-state index in [-0.39, 0.29) is 23.9 Å².